The fourth-order valence-electron chi connectivity index (χ4n) is 3.18. The zero-order valence-electron chi connectivity index (χ0n) is 19.9. The zero-order chi connectivity index (χ0) is 25.2. The van der Waals surface area contributed by atoms with Crippen LogP contribution in [0.25, 0.3) is 0 Å². The van der Waals surface area contributed by atoms with E-state index in [1.54, 1.807) is 66.7 Å². The zero-order valence-corrected chi connectivity index (χ0v) is 19.9. The number of hydrogen-bond acceptors (Lipinski definition) is 6. The van der Waals surface area contributed by atoms with E-state index in [2.05, 4.69) is 22.0 Å². The minimum atomic E-state index is -0.283. The van der Waals surface area contributed by atoms with Crippen LogP contribution in [0.15, 0.2) is 66.7 Å². The Kier molecular flexibility index (Phi) is 8.68. The predicted molar refractivity (Wildman–Crippen MR) is 136 cm³/mol. The minimum absolute atomic E-state index is 0.0245. The second-order valence-corrected chi connectivity index (χ2v) is 7.88. The predicted octanol–water partition coefficient (Wildman–Crippen LogP) is 5.05. The molecule has 0 fully saturated rings. The van der Waals surface area contributed by atoms with Gasteiger partial charge in [0.2, 0.25) is 5.91 Å². The molecule has 0 unspecified atom stereocenters. The van der Waals surface area contributed by atoms with Gasteiger partial charge in [0, 0.05) is 16.9 Å². The van der Waals surface area contributed by atoms with Gasteiger partial charge in [-0.25, -0.2) is 0 Å². The smallest absolute Gasteiger partial charge is 0.255 e. The lowest BCUT2D eigenvalue weighted by Gasteiger charge is -2.16. The summed E-state index contributed by atoms with van der Waals surface area (Å²) in [4.78, 5) is 24.9. The number of benzene rings is 3. The van der Waals surface area contributed by atoms with E-state index in [0.717, 1.165) is 5.75 Å². The highest BCUT2D eigenvalue weighted by Crippen LogP contribution is 2.26. The summed E-state index contributed by atoms with van der Waals surface area (Å²) in [6.45, 7) is 6.26. The molecule has 3 N–H and O–H groups in total. The molecule has 3 aromatic rings. The van der Waals surface area contributed by atoms with Crippen molar-refractivity contribution in [2.24, 2.45) is 0 Å². The van der Waals surface area contributed by atoms with Crippen molar-refractivity contribution in [3.05, 3.63) is 77.9 Å². The fourth-order valence-corrected chi connectivity index (χ4v) is 3.18. The number of hydrogen-bond donors (Lipinski definition) is 3. The van der Waals surface area contributed by atoms with Gasteiger partial charge >= 0.3 is 0 Å². The summed E-state index contributed by atoms with van der Waals surface area (Å²) < 4.78 is 11.1. The Bertz CT molecular complexity index is 1200. The Morgan fingerprint density at radius 1 is 0.943 bits per heavy atom. The summed E-state index contributed by atoms with van der Waals surface area (Å²) in [5, 5.41) is 17.8. The molecular formula is C27H28N4O4. The summed E-state index contributed by atoms with van der Waals surface area (Å²) in [5.41, 5.74) is 2.69. The van der Waals surface area contributed by atoms with Crippen molar-refractivity contribution >= 4 is 28.9 Å². The Hall–Kier alpha value is -4.51. The molecule has 0 saturated carbocycles. The molecule has 180 valence electrons. The molecule has 0 heterocycles. The molecule has 3 aromatic carbocycles. The van der Waals surface area contributed by atoms with Crippen LogP contribution in [0, 0.1) is 11.3 Å². The molecule has 0 atom stereocenters. The summed E-state index contributed by atoms with van der Waals surface area (Å²) >= 11 is 0. The standard InChI is InChI=1S/C27H28N4O4/c1-4-34-23-12-10-22(11-13-23)31-27(33)20-6-8-21(9-7-20)30-26(32)17-29-24-15-19(16-28)5-14-25(24)35-18(2)3/h5-15,18,29H,4,17H2,1-3H3,(H,30,32)(H,31,33). The van der Waals surface area contributed by atoms with Crippen LogP contribution in [-0.2, 0) is 4.79 Å². The molecule has 0 radical (unpaired) electrons. The van der Waals surface area contributed by atoms with Crippen LogP contribution in [0.5, 0.6) is 11.5 Å². The third-order valence-corrected chi connectivity index (χ3v) is 4.76. The summed E-state index contributed by atoms with van der Waals surface area (Å²) in [5.74, 6) is 0.759. The lowest BCUT2D eigenvalue weighted by atomic mass is 10.2. The highest BCUT2D eigenvalue weighted by Gasteiger charge is 2.11. The average molecular weight is 473 g/mol. The van der Waals surface area contributed by atoms with Gasteiger partial charge in [0.05, 0.1) is 36.6 Å². The fraction of sp³-hybridized carbons (Fsp3) is 0.222. The number of ether oxygens (including phenoxy) is 2. The van der Waals surface area contributed by atoms with Gasteiger partial charge in [-0.1, -0.05) is 0 Å². The number of carbonyl (C=O) groups is 2. The molecule has 0 aliphatic carbocycles. The highest BCUT2D eigenvalue weighted by molar-refractivity contribution is 6.04. The third-order valence-electron chi connectivity index (χ3n) is 4.76. The van der Waals surface area contributed by atoms with Crippen LogP contribution < -0.4 is 25.4 Å². The molecule has 2 amide bonds. The maximum atomic E-state index is 12.5. The average Bonchev–Trinajstić information content (AvgIpc) is 2.85. The molecule has 0 bridgehead atoms. The van der Waals surface area contributed by atoms with Crippen molar-refractivity contribution < 1.29 is 19.1 Å². The normalized spacial score (nSPS) is 10.3. The molecule has 0 saturated heterocycles. The minimum Gasteiger partial charge on any atom is -0.494 e. The van der Waals surface area contributed by atoms with E-state index in [1.165, 1.54) is 0 Å². The molecule has 0 aromatic heterocycles. The maximum absolute atomic E-state index is 12.5. The van der Waals surface area contributed by atoms with Gasteiger partial charge in [-0.15, -0.1) is 0 Å². The maximum Gasteiger partial charge on any atom is 0.255 e. The van der Waals surface area contributed by atoms with Gasteiger partial charge in [0.25, 0.3) is 5.91 Å². The highest BCUT2D eigenvalue weighted by atomic mass is 16.5. The molecular weight excluding hydrogens is 444 g/mol. The number of nitrogens with one attached hydrogen (secondary N) is 3. The second-order valence-electron chi connectivity index (χ2n) is 7.88. The van der Waals surface area contributed by atoms with Gasteiger partial charge in [-0.05, 0) is 87.5 Å². The molecule has 35 heavy (non-hydrogen) atoms. The Labute approximate surface area is 204 Å². The van der Waals surface area contributed by atoms with E-state index in [0.29, 0.717) is 40.5 Å². The summed E-state index contributed by atoms with van der Waals surface area (Å²) in [6, 6.07) is 20.8. The lowest BCUT2D eigenvalue weighted by Crippen LogP contribution is -2.22. The van der Waals surface area contributed by atoms with Gasteiger partial charge in [0.1, 0.15) is 11.5 Å². The van der Waals surface area contributed by atoms with E-state index in [-0.39, 0.29) is 24.5 Å². The largest absolute Gasteiger partial charge is 0.494 e. The van der Waals surface area contributed by atoms with Crippen molar-refractivity contribution in [1.82, 2.24) is 0 Å². The van der Waals surface area contributed by atoms with Crippen LogP contribution >= 0.6 is 0 Å². The number of rotatable bonds is 10. The van der Waals surface area contributed by atoms with Crippen molar-refractivity contribution in [3.63, 3.8) is 0 Å². The second kappa shape index (κ2) is 12.1. The van der Waals surface area contributed by atoms with Crippen molar-refractivity contribution in [2.75, 3.05) is 29.1 Å². The summed E-state index contributed by atoms with van der Waals surface area (Å²) in [7, 11) is 0. The van der Waals surface area contributed by atoms with Crippen LogP contribution in [0.3, 0.4) is 0 Å². The van der Waals surface area contributed by atoms with Crippen LogP contribution in [-0.4, -0.2) is 31.1 Å². The van der Waals surface area contributed by atoms with Gasteiger partial charge in [-0.2, -0.15) is 5.26 Å². The Morgan fingerprint density at radius 2 is 1.60 bits per heavy atom. The van der Waals surface area contributed by atoms with Gasteiger partial charge < -0.3 is 25.4 Å². The molecule has 3 rings (SSSR count). The monoisotopic (exact) mass is 472 g/mol. The molecule has 0 aliphatic rings. The van der Waals surface area contributed by atoms with Crippen molar-refractivity contribution in [2.45, 2.75) is 26.9 Å². The van der Waals surface area contributed by atoms with Crippen molar-refractivity contribution in [3.8, 4) is 17.6 Å². The molecule has 0 spiro atoms. The number of amides is 2. The van der Waals surface area contributed by atoms with E-state index >= 15 is 0 Å². The molecule has 8 nitrogen and oxygen atoms in total. The van der Waals surface area contributed by atoms with E-state index in [9.17, 15) is 9.59 Å². The van der Waals surface area contributed by atoms with Gasteiger partial charge in [-0.3, -0.25) is 9.59 Å². The number of nitrogens with zero attached hydrogens (tertiary/aromatic N) is 1. The van der Waals surface area contributed by atoms with E-state index < -0.39 is 0 Å². The lowest BCUT2D eigenvalue weighted by molar-refractivity contribution is -0.114. The van der Waals surface area contributed by atoms with Crippen LogP contribution in [0.2, 0.25) is 0 Å². The van der Waals surface area contributed by atoms with E-state index in [4.69, 9.17) is 14.7 Å². The van der Waals surface area contributed by atoms with Gasteiger partial charge in [0.15, 0.2) is 0 Å². The van der Waals surface area contributed by atoms with Crippen LogP contribution in [0.4, 0.5) is 17.1 Å². The number of anilines is 3. The summed E-state index contributed by atoms with van der Waals surface area (Å²) in [6.07, 6.45) is -0.0533. The van der Waals surface area contributed by atoms with Crippen LogP contribution in [0.1, 0.15) is 36.7 Å². The quantitative estimate of drug-likeness (QED) is 0.381. The van der Waals surface area contributed by atoms with Crippen molar-refractivity contribution in [1.29, 1.82) is 5.26 Å². The topological polar surface area (TPSA) is 112 Å². The number of nitriles is 1. The first-order valence-corrected chi connectivity index (χ1v) is 11.3. The first-order valence-electron chi connectivity index (χ1n) is 11.3. The Morgan fingerprint density at radius 3 is 2.23 bits per heavy atom. The SMILES string of the molecule is CCOc1ccc(NC(=O)c2ccc(NC(=O)CNc3cc(C#N)ccc3OC(C)C)cc2)cc1. The Balaban J connectivity index is 1.55. The van der Waals surface area contributed by atoms with E-state index in [1.807, 2.05) is 20.8 Å². The third kappa shape index (κ3) is 7.51. The number of carbonyl (C=O) groups excluding carboxylic acids is 2. The molecule has 0 aliphatic heterocycles. The molecule has 8 heteroatoms. The first kappa shape index (κ1) is 25.1. The first-order chi connectivity index (χ1) is 16.9.